The first-order chi connectivity index (χ1) is 5.29. The molecule has 70 valence electrons. The van der Waals surface area contributed by atoms with Crippen LogP contribution in [0.3, 0.4) is 0 Å². The van der Waals surface area contributed by atoms with E-state index in [1.165, 1.54) is 11.8 Å². The Hall–Kier alpha value is -0.830. The van der Waals surface area contributed by atoms with E-state index in [4.69, 9.17) is 11.6 Å². The monoisotopic (exact) mass is 191 g/mol. The Morgan fingerprint density at radius 2 is 1.42 bits per heavy atom. The van der Waals surface area contributed by atoms with Crippen LogP contribution in [0.4, 0.5) is 0 Å². The summed E-state index contributed by atoms with van der Waals surface area (Å²) >= 11 is 4.87. The number of allylic oxidation sites excluding steroid dienone is 1. The summed E-state index contributed by atoms with van der Waals surface area (Å²) in [7, 11) is 3.45. The predicted molar refractivity (Wildman–Crippen MR) is 50.0 cm³/mol. The van der Waals surface area contributed by atoms with E-state index in [0.717, 1.165) is 0 Å². The van der Waals surface area contributed by atoms with Crippen molar-refractivity contribution in [3.8, 4) is 0 Å². The molecule has 0 bridgehead atoms. The summed E-state index contributed by atoms with van der Waals surface area (Å²) in [6.07, 6.45) is 0. The van der Waals surface area contributed by atoms with Gasteiger partial charge in [0, 0.05) is 26.6 Å². The standard InChI is InChI=1S/C4H5ClO.C4H9NO/c1-3(2)4(5)6;1-4(6)5(2)3/h1H2,2H3;1-3H3. The molecule has 0 spiro atoms. The van der Waals surface area contributed by atoms with Gasteiger partial charge in [-0.3, -0.25) is 9.59 Å². The summed E-state index contributed by atoms with van der Waals surface area (Å²) in [5.41, 5.74) is 0.386. The summed E-state index contributed by atoms with van der Waals surface area (Å²) in [5, 5.41) is -0.463. The number of nitrogens with zero attached hydrogens (tertiary/aromatic N) is 1. The SMILES string of the molecule is C=C(C)C(=O)Cl.CC(=O)N(C)C. The van der Waals surface area contributed by atoms with Gasteiger partial charge in [0.25, 0.3) is 0 Å². The van der Waals surface area contributed by atoms with Gasteiger partial charge < -0.3 is 4.90 Å². The smallest absolute Gasteiger partial charge is 0.247 e. The number of hydrogen-bond acceptors (Lipinski definition) is 2. The van der Waals surface area contributed by atoms with E-state index in [1.54, 1.807) is 21.0 Å². The molecule has 0 aliphatic rings. The van der Waals surface area contributed by atoms with Gasteiger partial charge in [-0.15, -0.1) is 0 Å². The third-order valence-corrected chi connectivity index (χ3v) is 1.29. The number of hydrogen-bond donors (Lipinski definition) is 0. The van der Waals surface area contributed by atoms with E-state index in [9.17, 15) is 9.59 Å². The van der Waals surface area contributed by atoms with E-state index in [-0.39, 0.29) is 5.91 Å². The maximum Gasteiger partial charge on any atom is 0.247 e. The first-order valence-electron chi connectivity index (χ1n) is 3.32. The lowest BCUT2D eigenvalue weighted by Crippen LogP contribution is -2.17. The molecule has 3 nitrogen and oxygen atoms in total. The molecule has 0 saturated heterocycles. The van der Waals surface area contributed by atoms with Crippen molar-refractivity contribution >= 4 is 22.8 Å². The van der Waals surface area contributed by atoms with Crippen molar-refractivity contribution < 1.29 is 9.59 Å². The normalized spacial score (nSPS) is 7.75. The van der Waals surface area contributed by atoms with Crippen LogP contribution >= 0.6 is 11.6 Å². The Balaban J connectivity index is 0. The molecule has 0 unspecified atom stereocenters. The number of carbonyl (C=O) groups is 2. The molecule has 0 radical (unpaired) electrons. The third-order valence-electron chi connectivity index (χ3n) is 0.965. The maximum atomic E-state index is 10.1. The summed E-state index contributed by atoms with van der Waals surface area (Å²) in [5.74, 6) is 0.0926. The molecule has 0 aromatic carbocycles. The second-order valence-corrected chi connectivity index (χ2v) is 2.81. The molecule has 0 atom stereocenters. The van der Waals surface area contributed by atoms with Crippen LogP contribution < -0.4 is 0 Å². The highest BCUT2D eigenvalue weighted by Crippen LogP contribution is 1.91. The number of halogens is 1. The first-order valence-corrected chi connectivity index (χ1v) is 3.70. The van der Waals surface area contributed by atoms with Crippen LogP contribution in [0.1, 0.15) is 13.8 Å². The van der Waals surface area contributed by atoms with Gasteiger partial charge in [0.2, 0.25) is 11.1 Å². The van der Waals surface area contributed by atoms with Crippen molar-refractivity contribution in [3.63, 3.8) is 0 Å². The molecule has 0 aliphatic heterocycles. The largest absolute Gasteiger partial charge is 0.349 e. The van der Waals surface area contributed by atoms with Crippen molar-refractivity contribution in [1.82, 2.24) is 4.90 Å². The fraction of sp³-hybridized carbons (Fsp3) is 0.500. The Morgan fingerprint density at radius 1 is 1.25 bits per heavy atom. The summed E-state index contributed by atoms with van der Waals surface area (Å²) in [6.45, 7) is 6.37. The lowest BCUT2D eigenvalue weighted by Gasteiger charge is -2.02. The van der Waals surface area contributed by atoms with Crippen LogP contribution in [-0.4, -0.2) is 30.1 Å². The van der Waals surface area contributed by atoms with Gasteiger partial charge in [0.1, 0.15) is 0 Å². The molecule has 4 heteroatoms. The van der Waals surface area contributed by atoms with Crippen LogP contribution in [0.2, 0.25) is 0 Å². The quantitative estimate of drug-likeness (QED) is 0.465. The van der Waals surface area contributed by atoms with Gasteiger partial charge in [0.05, 0.1) is 0 Å². The highest BCUT2D eigenvalue weighted by molar-refractivity contribution is 6.67. The fourth-order valence-electron chi connectivity index (χ4n) is 0. The van der Waals surface area contributed by atoms with E-state index in [0.29, 0.717) is 5.57 Å². The van der Waals surface area contributed by atoms with Crippen molar-refractivity contribution in [2.24, 2.45) is 0 Å². The molecule has 0 rings (SSSR count). The zero-order chi connectivity index (χ0) is 10.3. The topological polar surface area (TPSA) is 37.4 Å². The Labute approximate surface area is 78.0 Å². The third kappa shape index (κ3) is 11.9. The lowest BCUT2D eigenvalue weighted by molar-refractivity contribution is -0.126. The number of amides is 1. The van der Waals surface area contributed by atoms with Gasteiger partial charge >= 0.3 is 0 Å². The van der Waals surface area contributed by atoms with Gasteiger partial charge in [0.15, 0.2) is 0 Å². The van der Waals surface area contributed by atoms with Crippen molar-refractivity contribution in [1.29, 1.82) is 0 Å². The molecule has 1 amide bonds. The van der Waals surface area contributed by atoms with Gasteiger partial charge in [-0.25, -0.2) is 0 Å². The van der Waals surface area contributed by atoms with Crippen molar-refractivity contribution in [3.05, 3.63) is 12.2 Å². The predicted octanol–water partition coefficient (Wildman–Crippen LogP) is 1.42. The second-order valence-electron chi connectivity index (χ2n) is 2.47. The minimum absolute atomic E-state index is 0.0926. The van der Waals surface area contributed by atoms with Crippen molar-refractivity contribution in [2.45, 2.75) is 13.8 Å². The minimum atomic E-state index is -0.463. The maximum absolute atomic E-state index is 10.1. The highest BCUT2D eigenvalue weighted by Gasteiger charge is 1.89. The summed E-state index contributed by atoms with van der Waals surface area (Å²) < 4.78 is 0. The second kappa shape index (κ2) is 6.85. The van der Waals surface area contributed by atoms with Gasteiger partial charge in [-0.1, -0.05) is 6.58 Å². The average Bonchev–Trinajstić information content (AvgIpc) is 1.88. The molecule has 0 aromatic rings. The van der Waals surface area contributed by atoms with E-state index >= 15 is 0 Å². The molecular weight excluding hydrogens is 178 g/mol. The Bertz CT molecular complexity index is 175. The average molecular weight is 192 g/mol. The van der Waals surface area contributed by atoms with Crippen LogP contribution in [0.25, 0.3) is 0 Å². The molecule has 0 aliphatic carbocycles. The number of carbonyl (C=O) groups excluding carboxylic acids is 2. The number of rotatable bonds is 1. The van der Waals surface area contributed by atoms with Crippen LogP contribution in [0.5, 0.6) is 0 Å². The molecule has 0 N–H and O–H groups in total. The van der Waals surface area contributed by atoms with Crippen LogP contribution in [0, 0.1) is 0 Å². The zero-order valence-electron chi connectivity index (χ0n) is 7.85. The van der Waals surface area contributed by atoms with Crippen LogP contribution in [0.15, 0.2) is 12.2 Å². The van der Waals surface area contributed by atoms with E-state index in [2.05, 4.69) is 6.58 Å². The zero-order valence-corrected chi connectivity index (χ0v) is 8.60. The highest BCUT2D eigenvalue weighted by atomic mass is 35.5. The van der Waals surface area contributed by atoms with E-state index < -0.39 is 5.24 Å². The Kier molecular flexibility index (Phi) is 7.85. The molecule has 0 heterocycles. The van der Waals surface area contributed by atoms with Gasteiger partial charge in [-0.05, 0) is 18.5 Å². The Morgan fingerprint density at radius 3 is 1.42 bits per heavy atom. The molecule has 12 heavy (non-hydrogen) atoms. The summed E-state index contributed by atoms with van der Waals surface area (Å²) in [6, 6.07) is 0. The van der Waals surface area contributed by atoms with E-state index in [1.807, 2.05) is 0 Å². The molecule has 0 saturated carbocycles. The molecule has 0 fully saturated rings. The fourth-order valence-corrected chi connectivity index (χ4v) is 0. The molecular formula is C8H14ClNO2. The summed E-state index contributed by atoms with van der Waals surface area (Å²) in [4.78, 5) is 21.4. The molecule has 0 aromatic heterocycles. The van der Waals surface area contributed by atoms with Crippen LogP contribution in [-0.2, 0) is 9.59 Å². The minimum Gasteiger partial charge on any atom is -0.349 e. The van der Waals surface area contributed by atoms with Gasteiger partial charge in [-0.2, -0.15) is 0 Å². The lowest BCUT2D eigenvalue weighted by atomic mass is 10.4. The van der Waals surface area contributed by atoms with Crippen molar-refractivity contribution in [2.75, 3.05) is 14.1 Å². The first kappa shape index (κ1) is 13.7.